The van der Waals surface area contributed by atoms with Gasteiger partial charge >= 0.3 is 0 Å². The van der Waals surface area contributed by atoms with Crippen molar-refractivity contribution in [3.05, 3.63) is 64.1 Å². The van der Waals surface area contributed by atoms with Crippen molar-refractivity contribution in [3.63, 3.8) is 0 Å². The molecule has 1 atom stereocenters. The fourth-order valence-corrected chi connectivity index (χ4v) is 2.45. The Morgan fingerprint density at radius 3 is 2.84 bits per heavy atom. The van der Waals surface area contributed by atoms with Gasteiger partial charge in [0.05, 0.1) is 5.69 Å². The third-order valence-electron chi connectivity index (χ3n) is 3.63. The second kappa shape index (κ2) is 7.08. The Balaban J connectivity index is 1.71. The maximum Gasteiger partial charge on any atom is 0.264 e. The zero-order chi connectivity index (χ0) is 17.8. The molecule has 8 heteroatoms. The molecule has 3 aromatic rings. The fraction of sp³-hybridized carbons (Fsp3) is 0.235. The zero-order valence-electron chi connectivity index (χ0n) is 13.9. The third kappa shape index (κ3) is 3.97. The molecule has 0 aliphatic rings. The van der Waals surface area contributed by atoms with Crippen molar-refractivity contribution in [1.29, 1.82) is 0 Å². The average Bonchev–Trinajstić information content (AvgIpc) is 3.00. The fourth-order valence-electron chi connectivity index (χ4n) is 2.45. The van der Waals surface area contributed by atoms with E-state index in [-0.39, 0.29) is 11.6 Å². The second-order valence-electron chi connectivity index (χ2n) is 5.84. The van der Waals surface area contributed by atoms with Crippen LogP contribution in [0.5, 0.6) is 0 Å². The van der Waals surface area contributed by atoms with Crippen LogP contribution in [0.2, 0.25) is 0 Å². The Morgan fingerprint density at radius 1 is 1.36 bits per heavy atom. The van der Waals surface area contributed by atoms with Crippen LogP contribution in [0.25, 0.3) is 11.4 Å². The largest absolute Gasteiger partial charge is 0.349 e. The number of aromatic amines is 2. The lowest BCUT2D eigenvalue weighted by molar-refractivity contribution is 0.0938. The Bertz CT molecular complexity index is 932. The predicted octanol–water partition coefficient (Wildman–Crippen LogP) is 1.22. The highest BCUT2D eigenvalue weighted by Gasteiger charge is 2.16. The van der Waals surface area contributed by atoms with Crippen LogP contribution in [0.3, 0.4) is 0 Å². The van der Waals surface area contributed by atoms with E-state index < -0.39 is 11.5 Å². The van der Waals surface area contributed by atoms with Crippen molar-refractivity contribution in [2.45, 2.75) is 26.3 Å². The number of carbonyl (C=O) groups excluding carboxylic acids is 1. The Labute approximate surface area is 143 Å². The molecule has 0 bridgehead atoms. The summed E-state index contributed by atoms with van der Waals surface area (Å²) in [5, 5.41) is 9.78. The molecule has 0 spiro atoms. The molecule has 8 nitrogen and oxygen atoms in total. The minimum Gasteiger partial charge on any atom is -0.349 e. The average molecular weight is 338 g/mol. The maximum absolute atomic E-state index is 12.3. The van der Waals surface area contributed by atoms with Crippen molar-refractivity contribution >= 4 is 5.91 Å². The molecule has 128 valence electrons. The van der Waals surface area contributed by atoms with E-state index in [0.717, 1.165) is 11.4 Å². The monoisotopic (exact) mass is 338 g/mol. The lowest BCUT2D eigenvalue weighted by atomic mass is 10.1. The van der Waals surface area contributed by atoms with Crippen molar-refractivity contribution < 1.29 is 4.79 Å². The number of hydrogen-bond acceptors (Lipinski definition) is 5. The van der Waals surface area contributed by atoms with E-state index in [1.807, 2.05) is 19.9 Å². The van der Waals surface area contributed by atoms with Crippen LogP contribution in [0, 0.1) is 6.92 Å². The van der Waals surface area contributed by atoms with Crippen LogP contribution in [0.4, 0.5) is 0 Å². The van der Waals surface area contributed by atoms with E-state index in [9.17, 15) is 9.59 Å². The highest BCUT2D eigenvalue weighted by molar-refractivity contribution is 5.93. The van der Waals surface area contributed by atoms with Crippen LogP contribution < -0.4 is 10.9 Å². The summed E-state index contributed by atoms with van der Waals surface area (Å²) in [4.78, 5) is 35.3. The molecular formula is C17H18N6O2. The quantitative estimate of drug-likeness (QED) is 0.647. The number of H-pyrrole nitrogens is 2. The van der Waals surface area contributed by atoms with Crippen LogP contribution in [-0.4, -0.2) is 37.1 Å². The number of carbonyl (C=O) groups is 1. The topological polar surface area (TPSA) is 116 Å². The van der Waals surface area contributed by atoms with Gasteiger partial charge < -0.3 is 10.3 Å². The van der Waals surface area contributed by atoms with Gasteiger partial charge in [-0.3, -0.25) is 19.7 Å². The molecule has 0 aliphatic carbocycles. The molecule has 0 saturated heterocycles. The molecule has 0 aromatic carbocycles. The van der Waals surface area contributed by atoms with Crippen LogP contribution in [0.15, 0.2) is 41.6 Å². The summed E-state index contributed by atoms with van der Waals surface area (Å²) in [7, 11) is 0. The number of amides is 1. The molecule has 0 saturated carbocycles. The van der Waals surface area contributed by atoms with E-state index in [0.29, 0.717) is 17.8 Å². The summed E-state index contributed by atoms with van der Waals surface area (Å²) in [5.41, 5.74) is 1.96. The Morgan fingerprint density at radius 2 is 2.20 bits per heavy atom. The number of pyridine rings is 1. The summed E-state index contributed by atoms with van der Waals surface area (Å²) < 4.78 is 0. The first-order valence-corrected chi connectivity index (χ1v) is 7.84. The van der Waals surface area contributed by atoms with Crippen LogP contribution >= 0.6 is 0 Å². The summed E-state index contributed by atoms with van der Waals surface area (Å²) >= 11 is 0. The molecule has 3 N–H and O–H groups in total. The summed E-state index contributed by atoms with van der Waals surface area (Å²) in [6.07, 6.45) is 5.06. The van der Waals surface area contributed by atoms with E-state index in [4.69, 9.17) is 0 Å². The molecular weight excluding hydrogens is 320 g/mol. The van der Waals surface area contributed by atoms with Crippen molar-refractivity contribution in [1.82, 2.24) is 30.5 Å². The number of aryl methyl sites for hydroxylation is 1. The Kier molecular flexibility index (Phi) is 4.69. The van der Waals surface area contributed by atoms with Gasteiger partial charge in [-0.2, -0.15) is 5.10 Å². The van der Waals surface area contributed by atoms with Gasteiger partial charge in [-0.15, -0.1) is 0 Å². The zero-order valence-corrected chi connectivity index (χ0v) is 13.9. The lowest BCUT2D eigenvalue weighted by Crippen LogP contribution is -2.37. The summed E-state index contributed by atoms with van der Waals surface area (Å²) in [5.74, 6) is -0.0964. The van der Waals surface area contributed by atoms with Crippen molar-refractivity contribution in [3.8, 4) is 11.4 Å². The second-order valence-corrected chi connectivity index (χ2v) is 5.84. The number of rotatable bonds is 5. The molecule has 1 unspecified atom stereocenters. The lowest BCUT2D eigenvalue weighted by Gasteiger charge is -2.12. The first-order chi connectivity index (χ1) is 12.0. The van der Waals surface area contributed by atoms with Gasteiger partial charge in [0.15, 0.2) is 0 Å². The minimum atomic E-state index is -0.492. The number of hydrogen-bond donors (Lipinski definition) is 3. The molecule has 3 rings (SSSR count). The van der Waals surface area contributed by atoms with Crippen LogP contribution in [-0.2, 0) is 6.42 Å². The molecule has 25 heavy (non-hydrogen) atoms. The molecule has 3 heterocycles. The van der Waals surface area contributed by atoms with Gasteiger partial charge in [-0.05, 0) is 32.0 Å². The molecule has 3 aromatic heterocycles. The first kappa shape index (κ1) is 16.6. The number of aromatic nitrogens is 5. The minimum absolute atomic E-state index is 0.0299. The van der Waals surface area contributed by atoms with Crippen molar-refractivity contribution in [2.75, 3.05) is 0 Å². The SMILES string of the molecule is Cc1cc(CC(C)NC(=O)c2cnc(-c3cccnc3)[nH]c2=O)n[nH]1. The molecule has 0 fully saturated rings. The third-order valence-corrected chi connectivity index (χ3v) is 3.63. The van der Waals surface area contributed by atoms with Gasteiger partial charge in [0.25, 0.3) is 11.5 Å². The molecule has 1 amide bonds. The van der Waals surface area contributed by atoms with E-state index in [2.05, 4.69) is 30.5 Å². The highest BCUT2D eigenvalue weighted by Crippen LogP contribution is 2.10. The van der Waals surface area contributed by atoms with Gasteiger partial charge in [-0.25, -0.2) is 4.98 Å². The predicted molar refractivity (Wildman–Crippen MR) is 92.0 cm³/mol. The number of nitrogens with one attached hydrogen (secondary N) is 3. The standard InChI is InChI=1S/C17H18N6O2/c1-10(6-13-7-11(2)22-23-13)20-16(24)14-9-19-15(21-17(14)25)12-4-3-5-18-8-12/h3-5,7-10H,6H2,1-2H3,(H,20,24)(H,22,23)(H,19,21,25). The summed E-state index contributed by atoms with van der Waals surface area (Å²) in [6.45, 7) is 3.77. The highest BCUT2D eigenvalue weighted by atomic mass is 16.2. The maximum atomic E-state index is 12.3. The van der Waals surface area contributed by atoms with E-state index in [1.165, 1.54) is 6.20 Å². The van der Waals surface area contributed by atoms with Gasteiger partial charge in [-0.1, -0.05) is 0 Å². The molecule has 0 aliphatic heterocycles. The first-order valence-electron chi connectivity index (χ1n) is 7.84. The van der Waals surface area contributed by atoms with Gasteiger partial charge in [0.2, 0.25) is 0 Å². The normalized spacial score (nSPS) is 11.9. The van der Waals surface area contributed by atoms with Gasteiger partial charge in [0, 0.05) is 42.3 Å². The summed E-state index contributed by atoms with van der Waals surface area (Å²) in [6, 6.07) is 5.26. The smallest absolute Gasteiger partial charge is 0.264 e. The van der Waals surface area contributed by atoms with Crippen LogP contribution in [0.1, 0.15) is 28.7 Å². The Hall–Kier alpha value is -3.29. The van der Waals surface area contributed by atoms with Gasteiger partial charge in [0.1, 0.15) is 11.4 Å². The van der Waals surface area contributed by atoms with Crippen molar-refractivity contribution in [2.24, 2.45) is 0 Å². The van der Waals surface area contributed by atoms with E-state index in [1.54, 1.807) is 24.5 Å². The van der Waals surface area contributed by atoms with E-state index >= 15 is 0 Å². The molecule has 0 radical (unpaired) electrons. The number of nitrogens with zero attached hydrogens (tertiary/aromatic N) is 3.